The maximum absolute atomic E-state index is 12.5. The van der Waals surface area contributed by atoms with Crippen molar-refractivity contribution in [1.29, 1.82) is 5.26 Å². The van der Waals surface area contributed by atoms with E-state index in [9.17, 15) is 14.9 Å². The quantitative estimate of drug-likeness (QED) is 0.474. The minimum absolute atomic E-state index is 0.0755. The Hall–Kier alpha value is -3.31. The summed E-state index contributed by atoms with van der Waals surface area (Å²) in [6.45, 7) is 1.16. The van der Waals surface area contributed by atoms with E-state index < -0.39 is 0 Å². The van der Waals surface area contributed by atoms with Crippen LogP contribution in [-0.2, 0) is 9.59 Å². The number of methoxy groups -OCH3 is 1. The molecule has 0 saturated carbocycles. The maximum Gasteiger partial charge on any atom is 0.264 e. The van der Waals surface area contributed by atoms with Crippen LogP contribution in [0.1, 0.15) is 18.4 Å². The van der Waals surface area contributed by atoms with Crippen molar-refractivity contribution in [2.75, 3.05) is 32.1 Å². The van der Waals surface area contributed by atoms with Crippen LogP contribution in [0.2, 0.25) is 0 Å². The number of ether oxygens (including phenoxy) is 2. The Balaban J connectivity index is 1.66. The van der Waals surface area contributed by atoms with E-state index in [1.165, 1.54) is 13.2 Å². The third-order valence-corrected chi connectivity index (χ3v) is 5.26. The van der Waals surface area contributed by atoms with Gasteiger partial charge in [-0.2, -0.15) is 5.26 Å². The van der Waals surface area contributed by atoms with Crippen molar-refractivity contribution in [3.05, 3.63) is 58.1 Å². The van der Waals surface area contributed by atoms with Crippen molar-refractivity contribution in [3.63, 3.8) is 0 Å². The lowest BCUT2D eigenvalue weighted by Gasteiger charge is -2.14. The summed E-state index contributed by atoms with van der Waals surface area (Å²) in [4.78, 5) is 26.3. The summed E-state index contributed by atoms with van der Waals surface area (Å²) in [7, 11) is 1.48. The first kappa shape index (κ1) is 22.4. The zero-order valence-corrected chi connectivity index (χ0v) is 18.6. The van der Waals surface area contributed by atoms with E-state index >= 15 is 0 Å². The summed E-state index contributed by atoms with van der Waals surface area (Å²) in [6, 6.07) is 14.2. The lowest BCUT2D eigenvalue weighted by molar-refractivity contribution is -0.125. The number of halogens is 1. The Bertz CT molecular complexity index is 1020. The van der Waals surface area contributed by atoms with Gasteiger partial charge in [-0.15, -0.1) is 0 Å². The number of amides is 2. The van der Waals surface area contributed by atoms with E-state index in [2.05, 4.69) is 21.2 Å². The van der Waals surface area contributed by atoms with Gasteiger partial charge in [0.2, 0.25) is 0 Å². The fourth-order valence-corrected chi connectivity index (χ4v) is 3.43. The highest BCUT2D eigenvalue weighted by Gasteiger charge is 2.21. The molecule has 0 atom stereocenters. The van der Waals surface area contributed by atoms with E-state index in [4.69, 9.17) is 9.47 Å². The van der Waals surface area contributed by atoms with Crippen LogP contribution >= 0.6 is 15.9 Å². The molecule has 0 aromatic heterocycles. The monoisotopic (exact) mass is 483 g/mol. The van der Waals surface area contributed by atoms with Gasteiger partial charge >= 0.3 is 0 Å². The second-order valence-corrected chi connectivity index (χ2v) is 7.84. The Labute approximate surface area is 189 Å². The number of carbonyl (C=O) groups is 2. The number of rotatable bonds is 7. The van der Waals surface area contributed by atoms with Crippen LogP contribution < -0.4 is 14.8 Å². The van der Waals surface area contributed by atoms with Crippen LogP contribution in [-0.4, -0.2) is 43.5 Å². The summed E-state index contributed by atoms with van der Waals surface area (Å²) in [6.07, 6.45) is 3.45. The van der Waals surface area contributed by atoms with Gasteiger partial charge in [0.1, 0.15) is 11.6 Å². The number of carbonyl (C=O) groups excluding carboxylic acids is 2. The van der Waals surface area contributed by atoms with Gasteiger partial charge in [-0.25, -0.2) is 0 Å². The molecule has 1 aliphatic rings. The maximum atomic E-state index is 12.5. The largest absolute Gasteiger partial charge is 0.493 e. The Morgan fingerprint density at radius 3 is 2.52 bits per heavy atom. The fourth-order valence-electron chi connectivity index (χ4n) is 3.17. The van der Waals surface area contributed by atoms with Gasteiger partial charge in [-0.1, -0.05) is 22.0 Å². The van der Waals surface area contributed by atoms with Crippen molar-refractivity contribution >= 4 is 39.5 Å². The molecule has 1 saturated heterocycles. The number of benzene rings is 2. The summed E-state index contributed by atoms with van der Waals surface area (Å²) < 4.78 is 11.9. The molecule has 1 heterocycles. The van der Waals surface area contributed by atoms with Crippen molar-refractivity contribution in [2.24, 2.45) is 0 Å². The molecule has 1 aliphatic heterocycles. The zero-order chi connectivity index (χ0) is 22.2. The first-order valence-corrected chi connectivity index (χ1v) is 10.6. The zero-order valence-electron chi connectivity index (χ0n) is 17.1. The fraction of sp³-hybridized carbons (Fsp3) is 0.261. The molecule has 31 heavy (non-hydrogen) atoms. The number of nitrogens with zero attached hydrogens (tertiary/aromatic N) is 2. The van der Waals surface area contributed by atoms with E-state index in [1.807, 2.05) is 18.2 Å². The molecule has 3 rings (SSSR count). The summed E-state index contributed by atoms with van der Waals surface area (Å²) in [5, 5.41) is 12.2. The number of likely N-dealkylation sites (tertiary alicyclic amines) is 1. The molecular formula is C23H22BrN3O4. The number of hydrogen-bond donors (Lipinski definition) is 1. The highest BCUT2D eigenvalue weighted by Crippen LogP contribution is 2.29. The van der Waals surface area contributed by atoms with Crippen LogP contribution in [0.25, 0.3) is 6.08 Å². The molecule has 0 radical (unpaired) electrons. The summed E-state index contributed by atoms with van der Waals surface area (Å²) in [5.74, 6) is 0.214. The molecule has 0 bridgehead atoms. The first-order chi connectivity index (χ1) is 15.0. The second kappa shape index (κ2) is 10.6. The van der Waals surface area contributed by atoms with Crippen molar-refractivity contribution < 1.29 is 19.1 Å². The Morgan fingerprint density at radius 1 is 1.16 bits per heavy atom. The van der Waals surface area contributed by atoms with Crippen molar-refractivity contribution in [2.45, 2.75) is 12.8 Å². The van der Waals surface area contributed by atoms with Crippen molar-refractivity contribution in [3.8, 4) is 17.6 Å². The number of anilines is 1. The van der Waals surface area contributed by atoms with Gasteiger partial charge in [-0.05, 0) is 60.9 Å². The molecule has 1 fully saturated rings. The van der Waals surface area contributed by atoms with Gasteiger partial charge in [0, 0.05) is 23.2 Å². The number of nitriles is 1. The highest BCUT2D eigenvalue weighted by molar-refractivity contribution is 9.10. The van der Waals surface area contributed by atoms with Crippen LogP contribution in [0.3, 0.4) is 0 Å². The molecule has 2 aromatic rings. The topological polar surface area (TPSA) is 91.7 Å². The average molecular weight is 484 g/mol. The van der Waals surface area contributed by atoms with E-state index in [0.717, 1.165) is 17.3 Å². The van der Waals surface area contributed by atoms with Gasteiger partial charge in [-0.3, -0.25) is 9.59 Å². The summed E-state index contributed by atoms with van der Waals surface area (Å²) >= 11 is 3.34. The first-order valence-electron chi connectivity index (χ1n) is 9.77. The summed E-state index contributed by atoms with van der Waals surface area (Å²) in [5.41, 5.74) is 1.37. The van der Waals surface area contributed by atoms with Crippen LogP contribution in [0.15, 0.2) is 52.5 Å². The van der Waals surface area contributed by atoms with Crippen molar-refractivity contribution in [1.82, 2.24) is 4.90 Å². The molecule has 0 unspecified atom stereocenters. The average Bonchev–Trinajstić information content (AvgIpc) is 3.32. The van der Waals surface area contributed by atoms with Crippen LogP contribution in [0.5, 0.6) is 11.5 Å². The van der Waals surface area contributed by atoms with E-state index in [-0.39, 0.29) is 24.0 Å². The normalized spacial score (nSPS) is 13.5. The lowest BCUT2D eigenvalue weighted by Crippen LogP contribution is -2.28. The number of hydrogen-bond acceptors (Lipinski definition) is 5. The molecule has 0 spiro atoms. The van der Waals surface area contributed by atoms with Gasteiger partial charge in [0.25, 0.3) is 11.8 Å². The van der Waals surface area contributed by atoms with Gasteiger partial charge in [0.15, 0.2) is 18.1 Å². The molecule has 0 aliphatic carbocycles. The van der Waals surface area contributed by atoms with Gasteiger partial charge in [0.05, 0.1) is 7.11 Å². The number of nitrogens with one attached hydrogen (secondary N) is 1. The van der Waals surface area contributed by atoms with E-state index in [0.29, 0.717) is 35.8 Å². The van der Waals surface area contributed by atoms with E-state index in [1.54, 1.807) is 35.2 Å². The predicted octanol–water partition coefficient (Wildman–Crippen LogP) is 4.00. The standard InChI is InChI=1S/C23H22BrN3O4/c1-30-21-13-16(12-17(14-25)23(29)27-10-2-3-11-27)4-9-20(21)31-15-22(28)26-19-7-5-18(24)6-8-19/h4-9,12-13H,2-3,10-11,15H2,1H3,(H,26,28)/b17-12+. The SMILES string of the molecule is COc1cc(/C=C(\C#N)C(=O)N2CCCC2)ccc1OCC(=O)Nc1ccc(Br)cc1. The highest BCUT2D eigenvalue weighted by atomic mass is 79.9. The molecular weight excluding hydrogens is 462 g/mol. The molecule has 8 heteroatoms. The van der Waals surface area contributed by atoms with Crippen LogP contribution in [0, 0.1) is 11.3 Å². The third kappa shape index (κ3) is 6.09. The van der Waals surface area contributed by atoms with Gasteiger partial charge < -0.3 is 19.7 Å². The smallest absolute Gasteiger partial charge is 0.264 e. The molecule has 1 N–H and O–H groups in total. The minimum atomic E-state index is -0.309. The third-order valence-electron chi connectivity index (χ3n) is 4.73. The van der Waals surface area contributed by atoms with Crippen LogP contribution in [0.4, 0.5) is 5.69 Å². The lowest BCUT2D eigenvalue weighted by atomic mass is 10.1. The molecule has 2 amide bonds. The second-order valence-electron chi connectivity index (χ2n) is 6.92. The molecule has 7 nitrogen and oxygen atoms in total. The molecule has 2 aromatic carbocycles. The Kier molecular flexibility index (Phi) is 7.68. The molecule has 160 valence electrons. The Morgan fingerprint density at radius 2 is 1.87 bits per heavy atom. The minimum Gasteiger partial charge on any atom is -0.493 e. The predicted molar refractivity (Wildman–Crippen MR) is 121 cm³/mol.